The molecule has 2 amide bonds. The number of morpholine rings is 1. The molecule has 2 aliphatic rings. The van der Waals surface area contributed by atoms with Gasteiger partial charge in [0.25, 0.3) is 0 Å². The predicted molar refractivity (Wildman–Crippen MR) is 126 cm³/mol. The molecule has 0 atom stereocenters. The molecule has 0 bridgehead atoms. The van der Waals surface area contributed by atoms with Crippen molar-refractivity contribution in [3.05, 3.63) is 28.2 Å². The number of anilines is 1. The smallest absolute Gasteiger partial charge is 0.238 e. The van der Waals surface area contributed by atoms with Crippen molar-refractivity contribution in [2.24, 2.45) is 0 Å². The lowest BCUT2D eigenvalue weighted by molar-refractivity contribution is -0.124. The molecule has 0 unspecified atom stereocenters. The van der Waals surface area contributed by atoms with Gasteiger partial charge in [-0.2, -0.15) is 0 Å². The zero-order chi connectivity index (χ0) is 22.3. The Morgan fingerprint density at radius 1 is 1.13 bits per heavy atom. The van der Waals surface area contributed by atoms with Gasteiger partial charge in [-0.05, 0) is 50.6 Å². The van der Waals surface area contributed by atoms with Gasteiger partial charge in [-0.1, -0.05) is 35.2 Å². The molecule has 31 heavy (non-hydrogen) atoms. The fourth-order valence-corrected chi connectivity index (χ4v) is 5.15. The Hall–Kier alpha value is -1.48. The molecule has 172 valence electrons. The molecule has 2 fully saturated rings. The topological polar surface area (TPSA) is 73.9 Å². The summed E-state index contributed by atoms with van der Waals surface area (Å²) >= 11 is 3.43. The Kier molecular flexibility index (Phi) is 8.89. The zero-order valence-corrected chi connectivity index (χ0v) is 20.3. The molecule has 1 aromatic carbocycles. The van der Waals surface area contributed by atoms with Crippen LogP contribution in [0.3, 0.4) is 0 Å². The van der Waals surface area contributed by atoms with Crippen LogP contribution < -0.4 is 10.6 Å². The minimum Gasteiger partial charge on any atom is -0.379 e. The van der Waals surface area contributed by atoms with Crippen LogP contribution in [0.25, 0.3) is 0 Å². The molecule has 1 saturated carbocycles. The molecule has 0 radical (unpaired) electrons. The van der Waals surface area contributed by atoms with Crippen LogP contribution in [0.1, 0.15) is 37.7 Å². The summed E-state index contributed by atoms with van der Waals surface area (Å²) in [5.74, 6) is -0.161. The number of carbonyl (C=O) groups excluding carboxylic acids is 2. The van der Waals surface area contributed by atoms with E-state index in [4.69, 9.17) is 4.74 Å². The summed E-state index contributed by atoms with van der Waals surface area (Å²) in [6.45, 7) is 6.40. The Morgan fingerprint density at radius 2 is 1.81 bits per heavy atom. The van der Waals surface area contributed by atoms with E-state index in [0.29, 0.717) is 6.54 Å². The standard InChI is InChI=1S/C23H35BrN4O3/c1-18-14-19(24)6-7-20(18)26-22(30)16-27(2)15-21(29)25-17-23(8-4-3-5-9-23)28-10-12-31-13-11-28/h6-7,14H,3-5,8-13,15-17H2,1-2H3,(H,25,29)(H,26,30). The van der Waals surface area contributed by atoms with Crippen molar-refractivity contribution >= 4 is 33.4 Å². The molecule has 2 N–H and O–H groups in total. The predicted octanol–water partition coefficient (Wildman–Crippen LogP) is 2.78. The highest BCUT2D eigenvalue weighted by molar-refractivity contribution is 9.10. The summed E-state index contributed by atoms with van der Waals surface area (Å²) in [6.07, 6.45) is 5.94. The molecule has 1 aliphatic carbocycles. The average Bonchev–Trinajstić information content (AvgIpc) is 2.75. The first-order valence-corrected chi connectivity index (χ1v) is 12.0. The Balaban J connectivity index is 1.46. The quantitative estimate of drug-likeness (QED) is 0.581. The van der Waals surface area contributed by atoms with Gasteiger partial charge in [-0.25, -0.2) is 0 Å². The lowest BCUT2D eigenvalue weighted by Gasteiger charge is -2.48. The number of likely N-dealkylation sites (N-methyl/N-ethyl adjacent to an activating group) is 1. The van der Waals surface area contributed by atoms with Gasteiger partial charge in [0, 0.05) is 35.3 Å². The number of halogens is 1. The van der Waals surface area contributed by atoms with Gasteiger partial charge in [0.15, 0.2) is 0 Å². The van der Waals surface area contributed by atoms with Gasteiger partial charge in [-0.15, -0.1) is 0 Å². The highest BCUT2D eigenvalue weighted by Gasteiger charge is 2.38. The maximum atomic E-state index is 12.6. The van der Waals surface area contributed by atoms with Crippen molar-refractivity contribution in [1.82, 2.24) is 15.1 Å². The van der Waals surface area contributed by atoms with Crippen molar-refractivity contribution in [2.75, 3.05) is 58.3 Å². The minimum absolute atomic E-state index is 0.0340. The molecule has 1 aromatic rings. The molecule has 8 heteroatoms. The van der Waals surface area contributed by atoms with Gasteiger partial charge >= 0.3 is 0 Å². The van der Waals surface area contributed by atoms with Crippen LogP contribution in [-0.2, 0) is 14.3 Å². The first-order chi connectivity index (χ1) is 14.9. The van der Waals surface area contributed by atoms with E-state index < -0.39 is 0 Å². The summed E-state index contributed by atoms with van der Waals surface area (Å²) in [7, 11) is 1.80. The van der Waals surface area contributed by atoms with E-state index in [1.807, 2.05) is 25.1 Å². The Bertz CT molecular complexity index is 761. The van der Waals surface area contributed by atoms with Crippen LogP contribution in [0.4, 0.5) is 5.69 Å². The second kappa shape index (κ2) is 11.4. The van der Waals surface area contributed by atoms with E-state index in [1.165, 1.54) is 19.3 Å². The third kappa shape index (κ3) is 7.00. The van der Waals surface area contributed by atoms with Gasteiger partial charge in [0.2, 0.25) is 11.8 Å². The summed E-state index contributed by atoms with van der Waals surface area (Å²) in [6, 6.07) is 5.73. The van der Waals surface area contributed by atoms with Crippen LogP contribution in [-0.4, -0.2) is 80.1 Å². The van der Waals surface area contributed by atoms with Crippen molar-refractivity contribution < 1.29 is 14.3 Å². The summed E-state index contributed by atoms with van der Waals surface area (Å²) in [5, 5.41) is 6.08. The lowest BCUT2D eigenvalue weighted by Crippen LogP contribution is -2.60. The number of benzene rings is 1. The molecular formula is C23H35BrN4O3. The number of amides is 2. The van der Waals surface area contributed by atoms with Crippen molar-refractivity contribution in [3.8, 4) is 0 Å². The number of hydrogen-bond acceptors (Lipinski definition) is 5. The van der Waals surface area contributed by atoms with Gasteiger partial charge in [0.1, 0.15) is 0 Å². The third-order valence-corrected chi connectivity index (χ3v) is 6.86. The maximum Gasteiger partial charge on any atom is 0.238 e. The molecule has 7 nitrogen and oxygen atoms in total. The molecule has 1 heterocycles. The molecule has 0 aromatic heterocycles. The highest BCUT2D eigenvalue weighted by Crippen LogP contribution is 2.33. The van der Waals surface area contributed by atoms with Gasteiger partial charge in [0.05, 0.1) is 26.3 Å². The monoisotopic (exact) mass is 494 g/mol. The molecule has 0 spiro atoms. The average molecular weight is 495 g/mol. The summed E-state index contributed by atoms with van der Waals surface area (Å²) in [4.78, 5) is 29.3. The van der Waals surface area contributed by atoms with Gasteiger partial charge in [-0.3, -0.25) is 19.4 Å². The normalized spacial score (nSPS) is 19.2. The number of nitrogens with one attached hydrogen (secondary N) is 2. The van der Waals surface area contributed by atoms with Crippen molar-refractivity contribution in [3.63, 3.8) is 0 Å². The van der Waals surface area contributed by atoms with Crippen LogP contribution in [0.15, 0.2) is 22.7 Å². The van der Waals surface area contributed by atoms with E-state index in [0.717, 1.165) is 54.9 Å². The summed E-state index contributed by atoms with van der Waals surface area (Å²) < 4.78 is 6.51. The largest absolute Gasteiger partial charge is 0.379 e. The van der Waals surface area contributed by atoms with E-state index >= 15 is 0 Å². The van der Waals surface area contributed by atoms with Crippen LogP contribution >= 0.6 is 15.9 Å². The molecular weight excluding hydrogens is 460 g/mol. The second-order valence-corrected chi connectivity index (χ2v) is 9.76. The Labute approximate surface area is 194 Å². The number of hydrogen-bond donors (Lipinski definition) is 2. The van der Waals surface area contributed by atoms with E-state index in [2.05, 4.69) is 31.5 Å². The van der Waals surface area contributed by atoms with Crippen LogP contribution in [0, 0.1) is 6.92 Å². The number of carbonyl (C=O) groups is 2. The third-order valence-electron chi connectivity index (χ3n) is 6.37. The van der Waals surface area contributed by atoms with E-state index in [-0.39, 0.29) is 30.4 Å². The van der Waals surface area contributed by atoms with Crippen molar-refractivity contribution in [1.29, 1.82) is 0 Å². The first-order valence-electron chi connectivity index (χ1n) is 11.2. The Morgan fingerprint density at radius 3 is 2.48 bits per heavy atom. The second-order valence-electron chi connectivity index (χ2n) is 8.84. The summed E-state index contributed by atoms with van der Waals surface area (Å²) in [5.41, 5.74) is 1.83. The minimum atomic E-state index is -0.127. The van der Waals surface area contributed by atoms with Crippen LogP contribution in [0.2, 0.25) is 0 Å². The molecule has 1 saturated heterocycles. The lowest BCUT2D eigenvalue weighted by atomic mass is 9.79. The van der Waals surface area contributed by atoms with Gasteiger partial charge < -0.3 is 15.4 Å². The fraction of sp³-hybridized carbons (Fsp3) is 0.652. The fourth-order valence-electron chi connectivity index (χ4n) is 4.67. The number of aryl methyl sites for hydroxylation is 1. The number of ether oxygens (including phenoxy) is 1. The van der Waals surface area contributed by atoms with E-state index in [9.17, 15) is 9.59 Å². The SMILES string of the molecule is Cc1cc(Br)ccc1NC(=O)CN(C)CC(=O)NCC1(N2CCOCC2)CCCCC1. The van der Waals surface area contributed by atoms with Crippen molar-refractivity contribution in [2.45, 2.75) is 44.6 Å². The van der Waals surface area contributed by atoms with E-state index in [1.54, 1.807) is 11.9 Å². The number of nitrogens with zero attached hydrogens (tertiary/aromatic N) is 2. The zero-order valence-electron chi connectivity index (χ0n) is 18.7. The first kappa shape index (κ1) is 24.2. The van der Waals surface area contributed by atoms with Crippen LogP contribution in [0.5, 0.6) is 0 Å². The highest BCUT2D eigenvalue weighted by atomic mass is 79.9. The maximum absolute atomic E-state index is 12.6. The molecule has 3 rings (SSSR count). The number of rotatable bonds is 8. The molecule has 1 aliphatic heterocycles.